The number of halogens is 3. The summed E-state index contributed by atoms with van der Waals surface area (Å²) in [4.78, 5) is 36.8. The van der Waals surface area contributed by atoms with E-state index in [4.69, 9.17) is 0 Å². The van der Waals surface area contributed by atoms with Crippen LogP contribution in [0.15, 0.2) is 36.4 Å². The molecule has 0 heterocycles. The van der Waals surface area contributed by atoms with Gasteiger partial charge >= 0.3 is 5.97 Å². The second-order valence-corrected chi connectivity index (χ2v) is 5.69. The first kappa shape index (κ1) is 20.9. The summed E-state index contributed by atoms with van der Waals surface area (Å²) in [5.41, 5.74) is -0.0243. The van der Waals surface area contributed by atoms with Crippen LogP contribution in [-0.4, -0.2) is 38.0 Å². The molecule has 0 unspecified atom stereocenters. The Labute approximate surface area is 158 Å². The monoisotopic (exact) mass is 394 g/mol. The Kier molecular flexibility index (Phi) is 6.75. The number of nitrogens with zero attached hydrogens (tertiary/aromatic N) is 1. The highest BCUT2D eigenvalue weighted by molar-refractivity contribution is 5.96. The molecule has 0 aromatic heterocycles. The number of hydrogen-bond donors (Lipinski definition) is 1. The fourth-order valence-corrected chi connectivity index (χ4v) is 2.46. The Balaban J connectivity index is 2.09. The molecule has 2 aromatic carbocycles. The predicted molar refractivity (Wildman–Crippen MR) is 94.5 cm³/mol. The summed E-state index contributed by atoms with van der Waals surface area (Å²) in [7, 11) is 1.23. The third-order valence-corrected chi connectivity index (χ3v) is 3.86. The largest absolute Gasteiger partial charge is 0.465 e. The molecule has 6 nitrogen and oxygen atoms in total. The maximum absolute atomic E-state index is 13.7. The van der Waals surface area contributed by atoms with Crippen LogP contribution >= 0.6 is 0 Å². The lowest BCUT2D eigenvalue weighted by molar-refractivity contribution is -0.116. The van der Waals surface area contributed by atoms with Gasteiger partial charge in [0.1, 0.15) is 0 Å². The lowest BCUT2D eigenvalue weighted by Gasteiger charge is -2.22. The van der Waals surface area contributed by atoms with Crippen LogP contribution in [-0.2, 0) is 9.53 Å². The van der Waals surface area contributed by atoms with Crippen LogP contribution in [0.2, 0.25) is 0 Å². The number of amides is 2. The summed E-state index contributed by atoms with van der Waals surface area (Å²) in [5, 5.41) is 2.34. The number of hydrogen-bond acceptors (Lipinski definition) is 4. The van der Waals surface area contributed by atoms with E-state index in [9.17, 15) is 27.6 Å². The minimum atomic E-state index is -1.74. The Morgan fingerprint density at radius 3 is 2.43 bits per heavy atom. The van der Waals surface area contributed by atoms with Gasteiger partial charge < -0.3 is 15.0 Å². The van der Waals surface area contributed by atoms with Crippen LogP contribution < -0.4 is 10.2 Å². The standard InChI is InChI=1S/C19H17F3N2O4/c1-11(25)24(13-5-3-4-12(10-13)19(27)28-2)9-8-23-18(26)14-6-7-15(20)17(22)16(14)21/h3-7,10H,8-9H2,1-2H3,(H,23,26). The first-order valence-corrected chi connectivity index (χ1v) is 8.14. The molecule has 148 valence electrons. The maximum Gasteiger partial charge on any atom is 0.337 e. The second-order valence-electron chi connectivity index (χ2n) is 5.69. The summed E-state index contributed by atoms with van der Waals surface area (Å²) in [6.45, 7) is 1.19. The van der Waals surface area contributed by atoms with Crippen molar-refractivity contribution in [2.45, 2.75) is 6.92 Å². The van der Waals surface area contributed by atoms with Crippen molar-refractivity contribution >= 4 is 23.5 Å². The van der Waals surface area contributed by atoms with Gasteiger partial charge in [-0.1, -0.05) is 6.07 Å². The summed E-state index contributed by atoms with van der Waals surface area (Å²) < 4.78 is 44.5. The number of benzene rings is 2. The smallest absolute Gasteiger partial charge is 0.337 e. The zero-order valence-electron chi connectivity index (χ0n) is 15.1. The lowest BCUT2D eigenvalue weighted by atomic mass is 10.1. The van der Waals surface area contributed by atoms with Gasteiger partial charge in [-0.25, -0.2) is 18.0 Å². The average Bonchev–Trinajstić information content (AvgIpc) is 2.68. The number of methoxy groups -OCH3 is 1. The molecule has 1 N–H and O–H groups in total. The number of rotatable bonds is 6. The van der Waals surface area contributed by atoms with Crippen LogP contribution in [0.5, 0.6) is 0 Å². The van der Waals surface area contributed by atoms with Gasteiger partial charge in [0.05, 0.1) is 18.2 Å². The minimum Gasteiger partial charge on any atom is -0.465 e. The quantitative estimate of drug-likeness (QED) is 0.604. The fourth-order valence-electron chi connectivity index (χ4n) is 2.46. The summed E-state index contributed by atoms with van der Waals surface area (Å²) in [5.74, 6) is -6.63. The van der Waals surface area contributed by atoms with Gasteiger partial charge in [-0.05, 0) is 30.3 Å². The number of carbonyl (C=O) groups excluding carboxylic acids is 3. The Bertz CT molecular complexity index is 918. The van der Waals surface area contributed by atoms with Crippen molar-refractivity contribution in [3.63, 3.8) is 0 Å². The van der Waals surface area contributed by atoms with Gasteiger partial charge in [0, 0.05) is 25.7 Å². The molecule has 0 bridgehead atoms. The summed E-state index contributed by atoms with van der Waals surface area (Å²) >= 11 is 0. The normalized spacial score (nSPS) is 10.3. The molecular formula is C19H17F3N2O4. The molecule has 2 aromatic rings. The van der Waals surface area contributed by atoms with Crippen LogP contribution in [0.25, 0.3) is 0 Å². The highest BCUT2D eigenvalue weighted by Crippen LogP contribution is 2.18. The van der Waals surface area contributed by atoms with Gasteiger partial charge in [-0.3, -0.25) is 9.59 Å². The zero-order valence-corrected chi connectivity index (χ0v) is 15.1. The molecule has 2 rings (SSSR count). The molecule has 0 aliphatic carbocycles. The molecule has 9 heteroatoms. The van der Waals surface area contributed by atoms with Crippen molar-refractivity contribution in [2.75, 3.05) is 25.1 Å². The highest BCUT2D eigenvalue weighted by atomic mass is 19.2. The summed E-state index contributed by atoms with van der Waals surface area (Å²) in [6, 6.07) is 7.59. The van der Waals surface area contributed by atoms with E-state index in [2.05, 4.69) is 10.1 Å². The van der Waals surface area contributed by atoms with E-state index in [0.717, 1.165) is 6.07 Å². The van der Waals surface area contributed by atoms with Crippen molar-refractivity contribution in [3.8, 4) is 0 Å². The van der Waals surface area contributed by atoms with Crippen molar-refractivity contribution < 1.29 is 32.3 Å². The first-order chi connectivity index (χ1) is 13.3. The van der Waals surface area contributed by atoms with Crippen LogP contribution in [0.1, 0.15) is 27.6 Å². The van der Waals surface area contributed by atoms with Crippen LogP contribution in [0.4, 0.5) is 18.9 Å². The molecule has 2 amide bonds. The summed E-state index contributed by atoms with van der Waals surface area (Å²) in [6.07, 6.45) is 0. The van der Waals surface area contributed by atoms with E-state index in [-0.39, 0.29) is 24.6 Å². The van der Waals surface area contributed by atoms with Crippen molar-refractivity contribution in [2.24, 2.45) is 0 Å². The number of esters is 1. The minimum absolute atomic E-state index is 0.00298. The molecular weight excluding hydrogens is 377 g/mol. The molecule has 0 spiro atoms. The molecule has 0 aliphatic heterocycles. The molecule has 0 atom stereocenters. The SMILES string of the molecule is COC(=O)c1cccc(N(CCNC(=O)c2ccc(F)c(F)c2F)C(C)=O)c1. The Morgan fingerprint density at radius 1 is 1.07 bits per heavy atom. The number of anilines is 1. The van der Waals surface area contributed by atoms with Gasteiger partial charge in [-0.15, -0.1) is 0 Å². The molecule has 0 saturated heterocycles. The number of ether oxygens (including phenoxy) is 1. The second kappa shape index (κ2) is 9.03. The average molecular weight is 394 g/mol. The highest BCUT2D eigenvalue weighted by Gasteiger charge is 2.19. The first-order valence-electron chi connectivity index (χ1n) is 8.14. The fraction of sp³-hybridized carbons (Fsp3) is 0.211. The van der Waals surface area contributed by atoms with E-state index < -0.39 is 34.9 Å². The molecule has 0 saturated carbocycles. The molecule has 28 heavy (non-hydrogen) atoms. The van der Waals surface area contributed by atoms with Gasteiger partial charge in [0.15, 0.2) is 17.5 Å². The number of carbonyl (C=O) groups is 3. The van der Waals surface area contributed by atoms with E-state index in [0.29, 0.717) is 11.8 Å². The third kappa shape index (κ3) is 4.67. The Hall–Kier alpha value is -3.36. The van der Waals surface area contributed by atoms with E-state index in [1.165, 1.54) is 31.1 Å². The van der Waals surface area contributed by atoms with E-state index in [1.54, 1.807) is 12.1 Å². The molecule has 0 radical (unpaired) electrons. The van der Waals surface area contributed by atoms with Crippen LogP contribution in [0.3, 0.4) is 0 Å². The predicted octanol–water partition coefficient (Wildman–Crippen LogP) is 2.67. The van der Waals surface area contributed by atoms with Crippen molar-refractivity contribution in [3.05, 3.63) is 65.0 Å². The number of nitrogens with one attached hydrogen (secondary N) is 1. The third-order valence-electron chi connectivity index (χ3n) is 3.86. The molecule has 0 aliphatic rings. The van der Waals surface area contributed by atoms with Crippen LogP contribution in [0, 0.1) is 17.5 Å². The van der Waals surface area contributed by atoms with E-state index in [1.807, 2.05) is 0 Å². The molecule has 0 fully saturated rings. The van der Waals surface area contributed by atoms with Crippen molar-refractivity contribution in [1.29, 1.82) is 0 Å². The zero-order chi connectivity index (χ0) is 20.8. The van der Waals surface area contributed by atoms with Gasteiger partial charge in [0.2, 0.25) is 5.91 Å². The maximum atomic E-state index is 13.7. The van der Waals surface area contributed by atoms with Gasteiger partial charge in [-0.2, -0.15) is 0 Å². The topological polar surface area (TPSA) is 75.7 Å². The van der Waals surface area contributed by atoms with Crippen molar-refractivity contribution in [1.82, 2.24) is 5.32 Å². The Morgan fingerprint density at radius 2 is 1.79 bits per heavy atom. The lowest BCUT2D eigenvalue weighted by Crippen LogP contribution is -2.38. The van der Waals surface area contributed by atoms with Gasteiger partial charge in [0.25, 0.3) is 5.91 Å². The van der Waals surface area contributed by atoms with E-state index >= 15 is 0 Å².